The molecule has 0 aliphatic rings. The number of benzene rings is 1. The first-order chi connectivity index (χ1) is 8.87. The molecule has 1 N–H and O–H groups in total. The summed E-state index contributed by atoms with van der Waals surface area (Å²) in [6.45, 7) is 5.15. The fourth-order valence-corrected chi connectivity index (χ4v) is 1.72. The molecule has 2 rings (SSSR count). The standard InChI is InChI=1S/C13H14F2N2O2/c1-4-19-12(18)13(2,3)11-16-8-6-5-7(14)9(15)10(8)17-11/h5-6H,4H2,1-3H3,(H,16,17). The Labute approximate surface area is 108 Å². The van der Waals surface area contributed by atoms with Crippen molar-refractivity contribution in [3.05, 3.63) is 29.6 Å². The Morgan fingerprint density at radius 3 is 2.74 bits per heavy atom. The molecule has 19 heavy (non-hydrogen) atoms. The number of aromatic nitrogens is 2. The molecular formula is C13H14F2N2O2. The summed E-state index contributed by atoms with van der Waals surface area (Å²) in [5.41, 5.74) is -0.837. The van der Waals surface area contributed by atoms with Crippen LogP contribution >= 0.6 is 0 Å². The van der Waals surface area contributed by atoms with E-state index in [1.54, 1.807) is 20.8 Å². The number of halogens is 2. The maximum Gasteiger partial charge on any atom is 0.319 e. The van der Waals surface area contributed by atoms with Gasteiger partial charge in [0.1, 0.15) is 16.8 Å². The molecule has 0 atom stereocenters. The molecule has 0 unspecified atom stereocenters. The Kier molecular flexibility index (Phi) is 3.26. The summed E-state index contributed by atoms with van der Waals surface area (Å²) >= 11 is 0. The lowest BCUT2D eigenvalue weighted by molar-refractivity contribution is -0.149. The molecule has 0 saturated carbocycles. The molecular weight excluding hydrogens is 254 g/mol. The van der Waals surface area contributed by atoms with Crippen LogP contribution in [0.2, 0.25) is 0 Å². The quantitative estimate of drug-likeness (QED) is 0.871. The fraction of sp³-hybridized carbons (Fsp3) is 0.385. The van der Waals surface area contributed by atoms with Crippen LogP contribution in [0.4, 0.5) is 8.78 Å². The Morgan fingerprint density at radius 2 is 2.11 bits per heavy atom. The lowest BCUT2D eigenvalue weighted by Gasteiger charge is -2.19. The molecule has 0 saturated heterocycles. The molecule has 0 bridgehead atoms. The van der Waals surface area contributed by atoms with Crippen LogP contribution in [0.1, 0.15) is 26.6 Å². The Bertz CT molecular complexity index is 635. The number of hydrogen-bond donors (Lipinski definition) is 1. The smallest absolute Gasteiger partial charge is 0.319 e. The van der Waals surface area contributed by atoms with Crippen molar-refractivity contribution >= 4 is 17.0 Å². The lowest BCUT2D eigenvalue weighted by atomic mass is 9.93. The van der Waals surface area contributed by atoms with Gasteiger partial charge in [0, 0.05) is 0 Å². The average molecular weight is 268 g/mol. The highest BCUT2D eigenvalue weighted by Crippen LogP contribution is 2.26. The second-order valence-electron chi connectivity index (χ2n) is 4.69. The van der Waals surface area contributed by atoms with Crippen molar-refractivity contribution in [2.45, 2.75) is 26.2 Å². The van der Waals surface area contributed by atoms with Gasteiger partial charge < -0.3 is 9.72 Å². The highest BCUT2D eigenvalue weighted by atomic mass is 19.2. The minimum absolute atomic E-state index is 0.118. The monoisotopic (exact) mass is 268 g/mol. The first-order valence-electron chi connectivity index (χ1n) is 5.89. The van der Waals surface area contributed by atoms with Crippen molar-refractivity contribution in [2.75, 3.05) is 6.61 Å². The molecule has 102 valence electrons. The molecule has 1 heterocycles. The van der Waals surface area contributed by atoms with E-state index in [0.717, 1.165) is 6.07 Å². The number of rotatable bonds is 3. The van der Waals surface area contributed by atoms with Crippen LogP contribution in [-0.4, -0.2) is 22.5 Å². The summed E-state index contributed by atoms with van der Waals surface area (Å²) < 4.78 is 31.6. The molecule has 0 aliphatic heterocycles. The van der Waals surface area contributed by atoms with Crippen LogP contribution in [-0.2, 0) is 14.9 Å². The predicted octanol–water partition coefficient (Wildman–Crippen LogP) is 2.68. The number of nitrogens with zero attached hydrogens (tertiary/aromatic N) is 1. The van der Waals surface area contributed by atoms with Crippen LogP contribution in [0.15, 0.2) is 12.1 Å². The fourth-order valence-electron chi connectivity index (χ4n) is 1.72. The molecule has 4 nitrogen and oxygen atoms in total. The summed E-state index contributed by atoms with van der Waals surface area (Å²) in [5.74, 6) is -2.24. The first kappa shape index (κ1) is 13.5. The minimum atomic E-state index is -1.06. The third-order valence-electron chi connectivity index (χ3n) is 2.92. The van der Waals surface area contributed by atoms with Crippen molar-refractivity contribution in [3.63, 3.8) is 0 Å². The van der Waals surface area contributed by atoms with E-state index in [4.69, 9.17) is 4.74 Å². The van der Waals surface area contributed by atoms with Gasteiger partial charge >= 0.3 is 5.97 Å². The van der Waals surface area contributed by atoms with E-state index in [0.29, 0.717) is 5.52 Å². The van der Waals surface area contributed by atoms with Gasteiger partial charge in [-0.3, -0.25) is 4.79 Å². The maximum atomic E-state index is 13.6. The number of carbonyl (C=O) groups is 1. The van der Waals surface area contributed by atoms with Crippen molar-refractivity contribution in [2.24, 2.45) is 0 Å². The van der Waals surface area contributed by atoms with E-state index in [9.17, 15) is 13.6 Å². The van der Waals surface area contributed by atoms with Gasteiger partial charge in [-0.05, 0) is 32.9 Å². The van der Waals surface area contributed by atoms with Gasteiger partial charge in [-0.2, -0.15) is 0 Å². The second-order valence-corrected chi connectivity index (χ2v) is 4.69. The SMILES string of the molecule is CCOC(=O)C(C)(C)c1nc2c(F)c(F)ccc2[nH]1. The highest BCUT2D eigenvalue weighted by molar-refractivity contribution is 5.83. The summed E-state index contributed by atoms with van der Waals surface area (Å²) in [6, 6.07) is 2.39. The van der Waals surface area contributed by atoms with E-state index in [1.807, 2.05) is 0 Å². The normalized spacial score (nSPS) is 11.8. The summed E-state index contributed by atoms with van der Waals surface area (Å²) in [6.07, 6.45) is 0. The Morgan fingerprint density at radius 1 is 1.42 bits per heavy atom. The molecule has 2 aromatic rings. The van der Waals surface area contributed by atoms with E-state index >= 15 is 0 Å². The molecule has 0 fully saturated rings. The van der Waals surface area contributed by atoms with Gasteiger partial charge in [0.2, 0.25) is 0 Å². The van der Waals surface area contributed by atoms with Crippen LogP contribution in [0.3, 0.4) is 0 Å². The predicted molar refractivity (Wildman–Crippen MR) is 65.7 cm³/mol. The number of aromatic amines is 1. The highest BCUT2D eigenvalue weighted by Gasteiger charge is 2.35. The molecule has 0 spiro atoms. The van der Waals surface area contributed by atoms with Crippen molar-refractivity contribution in [3.8, 4) is 0 Å². The zero-order valence-electron chi connectivity index (χ0n) is 10.9. The first-order valence-corrected chi connectivity index (χ1v) is 5.89. The number of ether oxygens (including phenoxy) is 1. The summed E-state index contributed by atoms with van der Waals surface area (Å²) in [7, 11) is 0. The topological polar surface area (TPSA) is 55.0 Å². The van der Waals surface area contributed by atoms with Gasteiger partial charge in [0.05, 0.1) is 12.1 Å². The van der Waals surface area contributed by atoms with E-state index < -0.39 is 23.0 Å². The van der Waals surface area contributed by atoms with Crippen molar-refractivity contribution in [1.29, 1.82) is 0 Å². The largest absolute Gasteiger partial charge is 0.465 e. The summed E-state index contributed by atoms with van der Waals surface area (Å²) in [4.78, 5) is 18.6. The molecule has 0 radical (unpaired) electrons. The Hall–Kier alpha value is -1.98. The number of fused-ring (bicyclic) bond motifs is 1. The zero-order chi connectivity index (χ0) is 14.2. The third kappa shape index (κ3) is 2.18. The lowest BCUT2D eigenvalue weighted by Crippen LogP contribution is -2.32. The van der Waals surface area contributed by atoms with Crippen molar-refractivity contribution < 1.29 is 18.3 Å². The van der Waals surface area contributed by atoms with Gasteiger partial charge in [-0.1, -0.05) is 0 Å². The number of imidazole rings is 1. The molecule has 0 amide bonds. The van der Waals surface area contributed by atoms with Crippen LogP contribution in [0.5, 0.6) is 0 Å². The maximum absolute atomic E-state index is 13.6. The molecule has 0 aliphatic carbocycles. The van der Waals surface area contributed by atoms with Crippen molar-refractivity contribution in [1.82, 2.24) is 9.97 Å². The molecule has 6 heteroatoms. The number of nitrogens with one attached hydrogen (secondary N) is 1. The number of H-pyrrole nitrogens is 1. The number of esters is 1. The average Bonchev–Trinajstić information content (AvgIpc) is 2.79. The van der Waals surface area contributed by atoms with E-state index in [-0.39, 0.29) is 17.9 Å². The van der Waals surface area contributed by atoms with Crippen LogP contribution in [0, 0.1) is 11.6 Å². The number of hydrogen-bond acceptors (Lipinski definition) is 3. The van der Waals surface area contributed by atoms with Crippen LogP contribution in [0.25, 0.3) is 11.0 Å². The molecule has 1 aromatic heterocycles. The van der Waals surface area contributed by atoms with Crippen LogP contribution < -0.4 is 0 Å². The second kappa shape index (κ2) is 4.60. The minimum Gasteiger partial charge on any atom is -0.465 e. The van der Waals surface area contributed by atoms with E-state index in [1.165, 1.54) is 6.07 Å². The van der Waals surface area contributed by atoms with Gasteiger partial charge in [0.15, 0.2) is 11.6 Å². The van der Waals surface area contributed by atoms with Gasteiger partial charge in [-0.25, -0.2) is 13.8 Å². The number of carbonyl (C=O) groups excluding carboxylic acids is 1. The zero-order valence-corrected chi connectivity index (χ0v) is 10.9. The Balaban J connectivity index is 2.52. The molecule has 1 aromatic carbocycles. The third-order valence-corrected chi connectivity index (χ3v) is 2.92. The van der Waals surface area contributed by atoms with Gasteiger partial charge in [0.25, 0.3) is 0 Å². The van der Waals surface area contributed by atoms with Gasteiger partial charge in [-0.15, -0.1) is 0 Å². The van der Waals surface area contributed by atoms with E-state index in [2.05, 4.69) is 9.97 Å². The summed E-state index contributed by atoms with van der Waals surface area (Å²) in [5, 5.41) is 0.